The van der Waals surface area contributed by atoms with E-state index in [9.17, 15) is 19.5 Å². The summed E-state index contributed by atoms with van der Waals surface area (Å²) >= 11 is 9.75. The fourth-order valence-electron chi connectivity index (χ4n) is 4.45. The maximum atomic E-state index is 13.2. The third-order valence-electron chi connectivity index (χ3n) is 6.35. The number of benzene rings is 1. The number of aromatic nitrogens is 1. The van der Waals surface area contributed by atoms with Crippen LogP contribution in [0.1, 0.15) is 12.6 Å². The standard InChI is InChI=1S/C25H26ClN9O5S3/c1-2-40-33-17(14-10-42-24(29)30-14)20(36)32-18-21(37)35-19(23(38)39)11(8-41-22(18)35)9-43-25-31-15(27)7-16(28)34(25)13-5-3-12(26)4-6-13/h3-7,10,16,18,22H,2,8-9,27-28H2,1H3,(H2,29,30)(H,32,36)(H,38,39)/b33-17-/t16?,18?,22-/m0/s1. The number of anilines is 2. The van der Waals surface area contributed by atoms with Crippen LogP contribution >= 0.6 is 46.5 Å². The minimum absolute atomic E-state index is 0.135. The molecule has 226 valence electrons. The molecule has 1 saturated heterocycles. The SMILES string of the molecule is CCO/N=C(\C(=O)NC1C(=O)N2C(C(=O)O)=C(CSC3=NC(N)=CC(N)N3c3ccc(Cl)cc3)CS[C@@H]12)c1csc(N)n1. The van der Waals surface area contributed by atoms with Gasteiger partial charge in [0.25, 0.3) is 11.8 Å². The van der Waals surface area contributed by atoms with E-state index in [1.807, 2.05) is 0 Å². The molecule has 18 heteroatoms. The quantitative estimate of drug-likeness (QED) is 0.147. The molecule has 43 heavy (non-hydrogen) atoms. The number of aliphatic imine (C=N–C) groups is 1. The van der Waals surface area contributed by atoms with Gasteiger partial charge in [-0.25, -0.2) is 14.8 Å². The van der Waals surface area contributed by atoms with Crippen molar-refractivity contribution in [2.24, 2.45) is 21.6 Å². The molecule has 2 amide bonds. The van der Waals surface area contributed by atoms with Crippen LogP contribution in [0.4, 0.5) is 10.8 Å². The summed E-state index contributed by atoms with van der Waals surface area (Å²) in [5, 5.41) is 18.8. The number of β-lactam (4-membered cyclic amide) rings is 1. The van der Waals surface area contributed by atoms with Gasteiger partial charge in [0.15, 0.2) is 16.0 Å². The molecule has 0 spiro atoms. The molecular weight excluding hydrogens is 638 g/mol. The summed E-state index contributed by atoms with van der Waals surface area (Å²) in [6.45, 7) is 1.91. The second-order valence-electron chi connectivity index (χ2n) is 9.16. The van der Waals surface area contributed by atoms with Gasteiger partial charge in [-0.2, -0.15) is 0 Å². The Labute approximate surface area is 263 Å². The number of aliphatic carboxylic acids is 1. The third-order valence-corrected chi connectivity index (χ3v) is 9.66. The molecule has 5 rings (SSSR count). The lowest BCUT2D eigenvalue weighted by Gasteiger charge is -2.49. The number of carboxylic acids is 1. The number of amides is 2. The van der Waals surface area contributed by atoms with Crippen molar-refractivity contribution in [1.29, 1.82) is 0 Å². The first-order valence-corrected chi connectivity index (χ1v) is 16.0. The van der Waals surface area contributed by atoms with Crippen LogP contribution in [0.2, 0.25) is 5.02 Å². The van der Waals surface area contributed by atoms with Crippen molar-refractivity contribution in [2.75, 3.05) is 28.7 Å². The summed E-state index contributed by atoms with van der Waals surface area (Å²) in [4.78, 5) is 55.3. The summed E-state index contributed by atoms with van der Waals surface area (Å²) in [6.07, 6.45) is 0.986. The summed E-state index contributed by atoms with van der Waals surface area (Å²) in [5.41, 5.74) is 19.2. The maximum absolute atomic E-state index is 13.2. The molecule has 3 aliphatic heterocycles. The normalized spacial score (nSPS) is 22.0. The lowest BCUT2D eigenvalue weighted by Crippen LogP contribution is -2.71. The van der Waals surface area contributed by atoms with E-state index in [0.29, 0.717) is 21.5 Å². The zero-order valence-electron chi connectivity index (χ0n) is 22.5. The highest BCUT2D eigenvalue weighted by molar-refractivity contribution is 8.14. The Balaban J connectivity index is 1.33. The van der Waals surface area contributed by atoms with E-state index in [4.69, 9.17) is 33.6 Å². The van der Waals surface area contributed by atoms with Crippen LogP contribution in [0.25, 0.3) is 0 Å². The van der Waals surface area contributed by atoms with Gasteiger partial charge in [-0.15, -0.1) is 23.1 Å². The first-order valence-electron chi connectivity index (χ1n) is 12.7. The lowest BCUT2D eigenvalue weighted by atomic mass is 10.0. The van der Waals surface area contributed by atoms with Crippen LogP contribution in [0.5, 0.6) is 0 Å². The number of carbonyl (C=O) groups is 3. The number of nitrogen functional groups attached to an aromatic ring is 1. The first-order chi connectivity index (χ1) is 20.6. The molecule has 2 unspecified atom stereocenters. The van der Waals surface area contributed by atoms with Crippen molar-refractivity contribution in [1.82, 2.24) is 15.2 Å². The highest BCUT2D eigenvalue weighted by atomic mass is 35.5. The van der Waals surface area contributed by atoms with Gasteiger partial charge >= 0.3 is 5.97 Å². The van der Waals surface area contributed by atoms with Gasteiger partial charge < -0.3 is 37.4 Å². The van der Waals surface area contributed by atoms with Crippen LogP contribution in [-0.4, -0.2) is 79.3 Å². The molecule has 4 heterocycles. The van der Waals surface area contributed by atoms with E-state index < -0.39 is 35.4 Å². The molecule has 2 aromatic rings. The number of carbonyl (C=O) groups excluding carboxylic acids is 2. The Hall–Kier alpha value is -3.77. The summed E-state index contributed by atoms with van der Waals surface area (Å²) in [6, 6.07) is 6.04. The number of amidine groups is 1. The van der Waals surface area contributed by atoms with Gasteiger partial charge in [0.2, 0.25) is 0 Å². The number of hydrogen-bond donors (Lipinski definition) is 5. The molecule has 3 aliphatic rings. The smallest absolute Gasteiger partial charge is 0.352 e. The van der Waals surface area contributed by atoms with Crippen LogP contribution < -0.4 is 27.4 Å². The molecule has 3 atom stereocenters. The Morgan fingerprint density at radius 3 is 2.67 bits per heavy atom. The van der Waals surface area contributed by atoms with E-state index >= 15 is 0 Å². The van der Waals surface area contributed by atoms with E-state index in [1.165, 1.54) is 28.4 Å². The number of fused-ring (bicyclic) bond motifs is 1. The minimum atomic E-state index is -1.26. The highest BCUT2D eigenvalue weighted by Gasteiger charge is 2.54. The molecule has 0 radical (unpaired) electrons. The van der Waals surface area contributed by atoms with E-state index in [1.54, 1.807) is 47.5 Å². The molecular formula is C25H26ClN9O5S3. The molecule has 0 saturated carbocycles. The molecule has 14 nitrogen and oxygen atoms in total. The Bertz CT molecular complexity index is 1580. The number of nitrogens with zero attached hydrogens (tertiary/aromatic N) is 5. The average molecular weight is 664 g/mol. The largest absolute Gasteiger partial charge is 0.477 e. The first kappa shape index (κ1) is 30.7. The molecule has 1 aromatic carbocycles. The Kier molecular flexibility index (Phi) is 9.16. The molecule has 1 aromatic heterocycles. The zero-order valence-corrected chi connectivity index (χ0v) is 25.7. The van der Waals surface area contributed by atoms with Crippen molar-refractivity contribution in [2.45, 2.75) is 24.5 Å². The monoisotopic (exact) mass is 663 g/mol. The topological polar surface area (TPSA) is 215 Å². The van der Waals surface area contributed by atoms with Crippen LogP contribution in [0.3, 0.4) is 0 Å². The van der Waals surface area contributed by atoms with Crippen LogP contribution in [0.15, 0.2) is 63.0 Å². The van der Waals surface area contributed by atoms with Gasteiger partial charge in [-0.05, 0) is 42.8 Å². The number of nitrogens with two attached hydrogens (primary N) is 3. The van der Waals surface area contributed by atoms with Crippen LogP contribution in [-0.2, 0) is 19.2 Å². The number of carboxylic acid groups (broad SMARTS) is 1. The Morgan fingerprint density at radius 2 is 2.02 bits per heavy atom. The second kappa shape index (κ2) is 12.8. The number of hydrogen-bond acceptors (Lipinski definition) is 14. The number of nitrogens with one attached hydrogen (secondary N) is 1. The number of rotatable bonds is 9. The zero-order chi connectivity index (χ0) is 30.8. The second-order valence-corrected chi connectivity index (χ2v) is 12.5. The summed E-state index contributed by atoms with van der Waals surface area (Å²) < 4.78 is 0. The lowest BCUT2D eigenvalue weighted by molar-refractivity contribution is -0.150. The van der Waals surface area contributed by atoms with Gasteiger partial charge in [-0.1, -0.05) is 28.5 Å². The number of thiazole rings is 1. The number of oxime groups is 1. The summed E-state index contributed by atoms with van der Waals surface area (Å²) in [7, 11) is 0. The average Bonchev–Trinajstić information content (AvgIpc) is 3.40. The predicted molar refractivity (Wildman–Crippen MR) is 168 cm³/mol. The Morgan fingerprint density at radius 1 is 1.28 bits per heavy atom. The van der Waals surface area contributed by atoms with Crippen molar-refractivity contribution >= 4 is 85.9 Å². The van der Waals surface area contributed by atoms with Crippen molar-refractivity contribution in [3.8, 4) is 0 Å². The van der Waals surface area contributed by atoms with Crippen LogP contribution in [0, 0.1) is 0 Å². The number of thioether (sulfide) groups is 2. The van der Waals surface area contributed by atoms with Gasteiger partial charge in [0.05, 0.1) is 0 Å². The predicted octanol–water partition coefficient (Wildman–Crippen LogP) is 1.55. The molecule has 0 aliphatic carbocycles. The fourth-order valence-corrected chi connectivity index (χ4v) is 7.68. The fraction of sp³-hybridized carbons (Fsp3) is 0.280. The van der Waals surface area contributed by atoms with E-state index in [-0.39, 0.29) is 40.4 Å². The molecule has 8 N–H and O–H groups in total. The summed E-state index contributed by atoms with van der Waals surface area (Å²) in [5.74, 6) is -1.79. The highest BCUT2D eigenvalue weighted by Crippen LogP contribution is 2.41. The van der Waals surface area contributed by atoms with Crippen molar-refractivity contribution < 1.29 is 24.3 Å². The van der Waals surface area contributed by atoms with Gasteiger partial charge in [-0.3, -0.25) is 14.5 Å². The molecule has 1 fully saturated rings. The third kappa shape index (κ3) is 6.30. The molecule has 0 bridgehead atoms. The van der Waals surface area contributed by atoms with Crippen molar-refractivity contribution in [3.05, 3.63) is 63.5 Å². The minimum Gasteiger partial charge on any atom is -0.477 e. The van der Waals surface area contributed by atoms with E-state index in [0.717, 1.165) is 17.0 Å². The van der Waals surface area contributed by atoms with Crippen molar-refractivity contribution in [3.63, 3.8) is 0 Å². The number of halogens is 1. The van der Waals surface area contributed by atoms with Gasteiger partial charge in [0, 0.05) is 27.6 Å². The van der Waals surface area contributed by atoms with Gasteiger partial charge in [0.1, 0.15) is 41.4 Å². The van der Waals surface area contributed by atoms with E-state index in [2.05, 4.69) is 20.4 Å². The maximum Gasteiger partial charge on any atom is 0.352 e.